The number of ether oxygens (including phenoxy) is 1. The molecule has 1 aliphatic heterocycles. The lowest BCUT2D eigenvalue weighted by atomic mass is 10.1. The van der Waals surface area contributed by atoms with Gasteiger partial charge in [-0.2, -0.15) is 0 Å². The van der Waals surface area contributed by atoms with E-state index in [0.29, 0.717) is 11.9 Å². The van der Waals surface area contributed by atoms with E-state index in [2.05, 4.69) is 12.2 Å². The summed E-state index contributed by atoms with van der Waals surface area (Å²) in [5.74, 6) is 0.365. The van der Waals surface area contributed by atoms with Gasteiger partial charge in [-0.3, -0.25) is 0 Å². The van der Waals surface area contributed by atoms with Gasteiger partial charge in [0.15, 0.2) is 0 Å². The van der Waals surface area contributed by atoms with Crippen LogP contribution in [0.15, 0.2) is 24.3 Å². The second kappa shape index (κ2) is 6.03. The van der Waals surface area contributed by atoms with Crippen LogP contribution in [0.3, 0.4) is 0 Å². The first-order valence-corrected chi connectivity index (χ1v) is 6.40. The second-order valence-corrected chi connectivity index (χ2v) is 4.66. The summed E-state index contributed by atoms with van der Waals surface area (Å²) in [6, 6.07) is 7.66. The minimum atomic E-state index is 0.178. The van der Waals surface area contributed by atoms with E-state index in [9.17, 15) is 5.11 Å². The summed E-state index contributed by atoms with van der Waals surface area (Å²) >= 11 is 0. The minimum Gasteiger partial charge on any atom is -0.508 e. The Morgan fingerprint density at radius 3 is 3.00 bits per heavy atom. The fraction of sp³-hybridized carbons (Fsp3) is 0.571. The monoisotopic (exact) mass is 235 g/mol. The van der Waals surface area contributed by atoms with E-state index in [0.717, 1.165) is 25.1 Å². The second-order valence-electron chi connectivity index (χ2n) is 4.66. The first-order valence-electron chi connectivity index (χ1n) is 6.40. The van der Waals surface area contributed by atoms with Crippen LogP contribution in [0, 0.1) is 0 Å². The predicted octanol–water partition coefficient (Wildman–Crippen LogP) is 2.61. The molecule has 1 saturated heterocycles. The molecule has 0 radical (unpaired) electrons. The molecule has 0 aliphatic carbocycles. The van der Waals surface area contributed by atoms with Crippen molar-refractivity contribution in [3.63, 3.8) is 0 Å². The molecule has 94 valence electrons. The highest BCUT2D eigenvalue weighted by atomic mass is 16.5. The van der Waals surface area contributed by atoms with E-state index in [1.54, 1.807) is 6.07 Å². The standard InChI is InChI=1S/C14H21NO2/c1-11(13-6-2-3-7-14(13)16)15-9-8-12-5-4-10-17-12/h2-3,6-7,11-12,15-16H,4-5,8-10H2,1H3. The molecule has 0 saturated carbocycles. The molecule has 2 N–H and O–H groups in total. The van der Waals surface area contributed by atoms with Crippen molar-refractivity contribution in [2.45, 2.75) is 38.3 Å². The van der Waals surface area contributed by atoms with Crippen LogP contribution in [0.2, 0.25) is 0 Å². The molecule has 2 atom stereocenters. The van der Waals surface area contributed by atoms with E-state index in [1.807, 2.05) is 18.2 Å². The van der Waals surface area contributed by atoms with E-state index in [-0.39, 0.29) is 6.04 Å². The summed E-state index contributed by atoms with van der Waals surface area (Å²) in [7, 11) is 0. The number of phenolic OH excluding ortho intramolecular Hbond substituents is 1. The lowest BCUT2D eigenvalue weighted by molar-refractivity contribution is 0.103. The third-order valence-electron chi connectivity index (χ3n) is 3.34. The molecule has 3 heteroatoms. The Labute approximate surface area is 103 Å². The number of para-hydroxylation sites is 1. The van der Waals surface area contributed by atoms with Crippen molar-refractivity contribution in [2.24, 2.45) is 0 Å². The smallest absolute Gasteiger partial charge is 0.120 e. The minimum absolute atomic E-state index is 0.178. The summed E-state index contributed by atoms with van der Waals surface area (Å²) in [6.07, 6.45) is 3.86. The van der Waals surface area contributed by atoms with Crippen molar-refractivity contribution in [1.29, 1.82) is 0 Å². The van der Waals surface area contributed by atoms with Crippen LogP contribution < -0.4 is 5.32 Å². The van der Waals surface area contributed by atoms with Gasteiger partial charge >= 0.3 is 0 Å². The molecule has 0 spiro atoms. The zero-order valence-electron chi connectivity index (χ0n) is 10.4. The highest BCUT2D eigenvalue weighted by molar-refractivity contribution is 5.34. The summed E-state index contributed by atoms with van der Waals surface area (Å²) in [5.41, 5.74) is 0.958. The largest absolute Gasteiger partial charge is 0.508 e. The maximum absolute atomic E-state index is 9.73. The molecule has 1 heterocycles. The quantitative estimate of drug-likeness (QED) is 0.824. The summed E-state index contributed by atoms with van der Waals surface area (Å²) < 4.78 is 5.57. The molecule has 0 bridgehead atoms. The molecular formula is C14H21NO2. The zero-order valence-corrected chi connectivity index (χ0v) is 10.4. The van der Waals surface area contributed by atoms with Gasteiger partial charge in [0.05, 0.1) is 6.10 Å². The van der Waals surface area contributed by atoms with Gasteiger partial charge in [-0.05, 0) is 38.8 Å². The molecule has 1 fully saturated rings. The van der Waals surface area contributed by atoms with Crippen LogP contribution in [0.5, 0.6) is 5.75 Å². The Bertz CT molecular complexity index is 348. The van der Waals surface area contributed by atoms with Gasteiger partial charge in [-0.1, -0.05) is 18.2 Å². The fourth-order valence-corrected chi connectivity index (χ4v) is 2.30. The van der Waals surface area contributed by atoms with Crippen molar-refractivity contribution in [1.82, 2.24) is 5.32 Å². The molecule has 1 aliphatic rings. The first kappa shape index (κ1) is 12.4. The Morgan fingerprint density at radius 2 is 2.29 bits per heavy atom. The van der Waals surface area contributed by atoms with Gasteiger partial charge in [0.25, 0.3) is 0 Å². The van der Waals surface area contributed by atoms with Crippen LogP contribution in [-0.2, 0) is 4.74 Å². The number of aromatic hydroxyl groups is 1. The van der Waals surface area contributed by atoms with Crippen LogP contribution in [-0.4, -0.2) is 24.4 Å². The van der Waals surface area contributed by atoms with Gasteiger partial charge in [0.2, 0.25) is 0 Å². The predicted molar refractivity (Wildman–Crippen MR) is 68.1 cm³/mol. The molecule has 3 nitrogen and oxygen atoms in total. The number of benzene rings is 1. The molecule has 0 aromatic heterocycles. The summed E-state index contributed by atoms with van der Waals surface area (Å²) in [5, 5.41) is 13.2. The molecule has 0 amide bonds. The normalized spacial score (nSPS) is 21.6. The molecule has 17 heavy (non-hydrogen) atoms. The lowest BCUT2D eigenvalue weighted by Crippen LogP contribution is -2.23. The van der Waals surface area contributed by atoms with Crippen LogP contribution in [0.25, 0.3) is 0 Å². The molecule has 1 aromatic carbocycles. The average molecular weight is 235 g/mol. The number of hydrogen-bond donors (Lipinski definition) is 2. The van der Waals surface area contributed by atoms with E-state index in [4.69, 9.17) is 4.74 Å². The SMILES string of the molecule is CC(NCCC1CCCO1)c1ccccc1O. The van der Waals surface area contributed by atoms with Crippen molar-refractivity contribution >= 4 is 0 Å². The molecule has 2 unspecified atom stereocenters. The topological polar surface area (TPSA) is 41.5 Å². The fourth-order valence-electron chi connectivity index (χ4n) is 2.30. The van der Waals surface area contributed by atoms with Crippen LogP contribution in [0.4, 0.5) is 0 Å². The van der Waals surface area contributed by atoms with Crippen molar-refractivity contribution in [2.75, 3.05) is 13.2 Å². The van der Waals surface area contributed by atoms with Gasteiger partial charge in [-0.15, -0.1) is 0 Å². The number of nitrogens with one attached hydrogen (secondary N) is 1. The van der Waals surface area contributed by atoms with Crippen molar-refractivity contribution < 1.29 is 9.84 Å². The summed E-state index contributed by atoms with van der Waals surface area (Å²) in [4.78, 5) is 0. The third kappa shape index (κ3) is 3.45. The maximum atomic E-state index is 9.73. The lowest BCUT2D eigenvalue weighted by Gasteiger charge is -2.17. The van der Waals surface area contributed by atoms with Gasteiger partial charge in [0, 0.05) is 18.2 Å². The van der Waals surface area contributed by atoms with Gasteiger partial charge < -0.3 is 15.2 Å². The van der Waals surface area contributed by atoms with Gasteiger partial charge in [-0.25, -0.2) is 0 Å². The van der Waals surface area contributed by atoms with Crippen LogP contribution >= 0.6 is 0 Å². The average Bonchev–Trinajstić information content (AvgIpc) is 2.82. The van der Waals surface area contributed by atoms with Crippen molar-refractivity contribution in [3.8, 4) is 5.75 Å². The number of rotatable bonds is 5. The van der Waals surface area contributed by atoms with Crippen LogP contribution in [0.1, 0.15) is 37.8 Å². The molecule has 2 rings (SSSR count). The van der Waals surface area contributed by atoms with Crippen molar-refractivity contribution in [3.05, 3.63) is 29.8 Å². The highest BCUT2D eigenvalue weighted by Gasteiger charge is 2.15. The van der Waals surface area contributed by atoms with Gasteiger partial charge in [0.1, 0.15) is 5.75 Å². The number of hydrogen-bond acceptors (Lipinski definition) is 3. The Hall–Kier alpha value is -1.06. The summed E-state index contributed by atoms with van der Waals surface area (Å²) in [6.45, 7) is 3.92. The Balaban J connectivity index is 1.77. The van der Waals surface area contributed by atoms with E-state index in [1.165, 1.54) is 12.8 Å². The van der Waals surface area contributed by atoms with E-state index < -0.39 is 0 Å². The Kier molecular flexibility index (Phi) is 4.40. The molecule has 1 aromatic rings. The maximum Gasteiger partial charge on any atom is 0.120 e. The first-order chi connectivity index (χ1) is 8.27. The zero-order chi connectivity index (χ0) is 12.1. The third-order valence-corrected chi connectivity index (χ3v) is 3.34. The van der Waals surface area contributed by atoms with E-state index >= 15 is 0 Å². The Morgan fingerprint density at radius 1 is 1.47 bits per heavy atom. The number of phenols is 1. The highest BCUT2D eigenvalue weighted by Crippen LogP contribution is 2.23. The molecular weight excluding hydrogens is 214 g/mol.